The molecular weight excluding hydrogens is 264 g/mol. The minimum Gasteiger partial charge on any atom is -0.276 e. The first-order chi connectivity index (χ1) is 6.90. The van der Waals surface area contributed by atoms with E-state index >= 15 is 0 Å². The molecule has 1 aliphatic rings. The molecule has 0 bridgehead atoms. The van der Waals surface area contributed by atoms with Crippen molar-refractivity contribution in [3.05, 3.63) is 10.7 Å². The lowest BCUT2D eigenvalue weighted by Crippen LogP contribution is -2.38. The Morgan fingerprint density at radius 2 is 2.40 bits per heavy atom. The van der Waals surface area contributed by atoms with Crippen LogP contribution in [0.1, 0.15) is 20.8 Å². The van der Waals surface area contributed by atoms with Crippen LogP contribution in [0.4, 0.5) is 0 Å². The molecule has 0 fully saturated rings. The lowest BCUT2D eigenvalue weighted by molar-refractivity contribution is -0.223. The topological polar surface area (TPSA) is 50.8 Å². The molecule has 0 aliphatic carbocycles. The van der Waals surface area contributed by atoms with Crippen molar-refractivity contribution in [3.8, 4) is 0 Å². The molecule has 1 amide bonds. The van der Waals surface area contributed by atoms with Crippen LogP contribution in [0.5, 0.6) is 0 Å². The highest BCUT2D eigenvalue weighted by Crippen LogP contribution is 2.15. The van der Waals surface area contributed by atoms with E-state index in [0.717, 1.165) is 4.61 Å². The van der Waals surface area contributed by atoms with E-state index < -0.39 is 5.60 Å². The molecule has 0 aromatic heterocycles. The van der Waals surface area contributed by atoms with E-state index in [9.17, 15) is 4.79 Å². The van der Waals surface area contributed by atoms with Gasteiger partial charge in [-0.25, -0.2) is 5.06 Å². The number of nitrogens with one attached hydrogen (secondary N) is 1. The van der Waals surface area contributed by atoms with Crippen molar-refractivity contribution in [1.82, 2.24) is 10.5 Å². The van der Waals surface area contributed by atoms with Crippen LogP contribution >= 0.6 is 15.9 Å². The molecule has 1 aliphatic heterocycles. The Kier molecular flexibility index (Phi) is 4.12. The van der Waals surface area contributed by atoms with Gasteiger partial charge >= 0.3 is 0 Å². The van der Waals surface area contributed by atoms with Crippen molar-refractivity contribution in [1.29, 1.82) is 0 Å². The van der Waals surface area contributed by atoms with Crippen molar-refractivity contribution in [2.75, 3.05) is 6.54 Å². The van der Waals surface area contributed by atoms with Gasteiger partial charge in [-0.1, -0.05) is 0 Å². The van der Waals surface area contributed by atoms with Crippen LogP contribution in [-0.4, -0.2) is 29.7 Å². The maximum Gasteiger partial charge on any atom is 0.233 e. The molecule has 0 spiro atoms. The van der Waals surface area contributed by atoms with Gasteiger partial charge in [-0.05, 0) is 42.8 Å². The summed E-state index contributed by atoms with van der Waals surface area (Å²) in [7, 11) is 0. The second-order valence-corrected chi connectivity index (χ2v) is 5.04. The van der Waals surface area contributed by atoms with Gasteiger partial charge in [-0.15, -0.1) is 0 Å². The van der Waals surface area contributed by atoms with E-state index in [1.165, 1.54) is 5.06 Å². The summed E-state index contributed by atoms with van der Waals surface area (Å²) in [5.74, 6) is 0. The van der Waals surface area contributed by atoms with Gasteiger partial charge in [0.1, 0.15) is 10.7 Å². The van der Waals surface area contributed by atoms with Gasteiger partial charge in [0.2, 0.25) is 6.41 Å². The van der Waals surface area contributed by atoms with Crippen molar-refractivity contribution < 1.29 is 14.5 Å². The maximum absolute atomic E-state index is 10.7. The van der Waals surface area contributed by atoms with Gasteiger partial charge in [0.05, 0.1) is 12.1 Å². The molecule has 15 heavy (non-hydrogen) atoms. The largest absolute Gasteiger partial charge is 0.276 e. The van der Waals surface area contributed by atoms with Gasteiger partial charge < -0.3 is 0 Å². The Balaban J connectivity index is 2.44. The monoisotopic (exact) mass is 278 g/mol. The molecule has 1 N–H and O–H groups in total. The van der Waals surface area contributed by atoms with Gasteiger partial charge in [-0.3, -0.25) is 19.9 Å². The molecule has 0 aromatic carbocycles. The zero-order valence-electron chi connectivity index (χ0n) is 8.99. The van der Waals surface area contributed by atoms with E-state index in [2.05, 4.69) is 21.4 Å². The zero-order chi connectivity index (χ0) is 11.5. The minimum atomic E-state index is -0.395. The number of carbonyl (C=O) groups is 1. The first-order valence-electron chi connectivity index (χ1n) is 4.61. The van der Waals surface area contributed by atoms with Crippen LogP contribution in [0.25, 0.3) is 0 Å². The molecule has 1 unspecified atom stereocenters. The molecular formula is C9H15BrN2O3. The summed E-state index contributed by atoms with van der Waals surface area (Å²) in [6.07, 6.45) is 2.27. The van der Waals surface area contributed by atoms with E-state index in [0.29, 0.717) is 13.0 Å². The molecule has 0 saturated carbocycles. The summed E-state index contributed by atoms with van der Waals surface area (Å²) in [5.41, 5.74) is 2.25. The Morgan fingerprint density at radius 1 is 1.73 bits per heavy atom. The average Bonchev–Trinajstić information content (AvgIpc) is 2.47. The Labute approximate surface area is 97.4 Å². The van der Waals surface area contributed by atoms with Gasteiger partial charge in [-0.2, -0.15) is 0 Å². The van der Waals surface area contributed by atoms with Gasteiger partial charge in [0.15, 0.2) is 0 Å². The summed E-state index contributed by atoms with van der Waals surface area (Å²) in [6, 6.07) is 0. The normalized spacial score (nSPS) is 20.8. The molecule has 1 atom stereocenters. The first-order valence-corrected chi connectivity index (χ1v) is 5.40. The fraction of sp³-hybridized carbons (Fsp3) is 0.667. The zero-order valence-corrected chi connectivity index (χ0v) is 10.6. The average molecular weight is 279 g/mol. The number of amides is 1. The van der Waals surface area contributed by atoms with Crippen molar-refractivity contribution in [2.45, 2.75) is 32.5 Å². The lowest BCUT2D eigenvalue weighted by atomic mass is 10.2. The molecule has 5 nitrogen and oxygen atoms in total. The van der Waals surface area contributed by atoms with Gasteiger partial charge in [0.25, 0.3) is 0 Å². The van der Waals surface area contributed by atoms with Crippen LogP contribution in [-0.2, 0) is 14.5 Å². The third-order valence-corrected chi connectivity index (χ3v) is 1.93. The molecule has 86 valence electrons. The summed E-state index contributed by atoms with van der Waals surface area (Å²) >= 11 is 3.23. The van der Waals surface area contributed by atoms with E-state index in [1.807, 2.05) is 26.8 Å². The number of hydrogen-bond acceptors (Lipinski definition) is 4. The third kappa shape index (κ3) is 4.63. The molecule has 0 radical (unpaired) electrons. The van der Waals surface area contributed by atoms with Crippen LogP contribution in [0.2, 0.25) is 0 Å². The molecule has 1 rings (SSSR count). The molecule has 0 aromatic rings. The standard InChI is InChI=1S/C9H15BrN2O3/c1-9(2,3)15-12(6-13)5-7-4-8(10)11-14-7/h4,6-7,11H,5H2,1-3H3. The number of hydrogen-bond donors (Lipinski definition) is 1. The first kappa shape index (κ1) is 12.5. The third-order valence-electron chi connectivity index (χ3n) is 1.51. The summed E-state index contributed by atoms with van der Waals surface area (Å²) < 4.78 is 0.758. The summed E-state index contributed by atoms with van der Waals surface area (Å²) in [4.78, 5) is 21.3. The second-order valence-electron chi connectivity index (χ2n) is 4.18. The number of halogens is 1. The lowest BCUT2D eigenvalue weighted by Gasteiger charge is -2.27. The Bertz CT molecular complexity index is 263. The maximum atomic E-state index is 10.7. The van der Waals surface area contributed by atoms with Crippen LogP contribution in [0.15, 0.2) is 10.7 Å². The van der Waals surface area contributed by atoms with Crippen LogP contribution in [0.3, 0.4) is 0 Å². The number of carbonyl (C=O) groups excluding carboxylic acids is 1. The Hall–Kier alpha value is -0.590. The summed E-state index contributed by atoms with van der Waals surface area (Å²) in [6.45, 7) is 5.98. The quantitative estimate of drug-likeness (QED) is 0.479. The fourth-order valence-electron chi connectivity index (χ4n) is 1.08. The van der Waals surface area contributed by atoms with E-state index in [4.69, 9.17) is 9.68 Å². The highest BCUT2D eigenvalue weighted by atomic mass is 79.9. The highest BCUT2D eigenvalue weighted by molar-refractivity contribution is 9.11. The number of rotatable bonds is 4. The molecule has 6 heteroatoms. The number of nitrogens with zero attached hydrogens (tertiary/aromatic N) is 1. The van der Waals surface area contributed by atoms with Crippen LogP contribution in [0, 0.1) is 0 Å². The summed E-state index contributed by atoms with van der Waals surface area (Å²) in [5, 5.41) is 1.23. The van der Waals surface area contributed by atoms with Crippen molar-refractivity contribution >= 4 is 22.3 Å². The Morgan fingerprint density at radius 3 is 2.80 bits per heavy atom. The molecule has 1 heterocycles. The van der Waals surface area contributed by atoms with E-state index in [1.54, 1.807) is 0 Å². The highest BCUT2D eigenvalue weighted by Gasteiger charge is 2.22. The predicted octanol–water partition coefficient (Wildman–Crippen LogP) is 1.31. The number of hydroxylamine groups is 3. The minimum absolute atomic E-state index is 0.202. The predicted molar refractivity (Wildman–Crippen MR) is 58.6 cm³/mol. The second kappa shape index (κ2) is 4.96. The smallest absolute Gasteiger partial charge is 0.233 e. The van der Waals surface area contributed by atoms with Crippen molar-refractivity contribution in [2.24, 2.45) is 0 Å². The van der Waals surface area contributed by atoms with Crippen molar-refractivity contribution in [3.63, 3.8) is 0 Å². The fourth-order valence-corrected chi connectivity index (χ4v) is 1.47. The van der Waals surface area contributed by atoms with Crippen LogP contribution < -0.4 is 5.48 Å². The molecule has 0 saturated heterocycles. The van der Waals surface area contributed by atoms with E-state index in [-0.39, 0.29) is 6.10 Å². The van der Waals surface area contributed by atoms with Gasteiger partial charge in [0, 0.05) is 0 Å². The SMILES string of the molecule is CC(C)(C)ON(C=O)CC1C=C(Br)NO1.